The Morgan fingerprint density at radius 1 is 1.53 bits per heavy atom. The number of hydrogen-bond acceptors (Lipinski definition) is 4. The van der Waals surface area contributed by atoms with Crippen LogP contribution in [0, 0.1) is 0 Å². The van der Waals surface area contributed by atoms with Crippen LogP contribution in [0.3, 0.4) is 0 Å². The first kappa shape index (κ1) is 13.6. The molecule has 0 aromatic carbocycles. The predicted molar refractivity (Wildman–Crippen MR) is 64.8 cm³/mol. The van der Waals surface area contributed by atoms with E-state index in [0.29, 0.717) is 6.54 Å². The lowest BCUT2D eigenvalue weighted by Gasteiger charge is -2.13. The van der Waals surface area contributed by atoms with Crippen LogP contribution in [0.25, 0.3) is 0 Å². The maximum absolute atomic E-state index is 11.4. The second kappa shape index (κ2) is 6.95. The van der Waals surface area contributed by atoms with Crippen molar-refractivity contribution in [1.29, 1.82) is 0 Å². The van der Waals surface area contributed by atoms with Crippen LogP contribution >= 0.6 is 11.8 Å². The molecule has 1 aromatic heterocycles. The molecule has 1 rings (SSSR count). The van der Waals surface area contributed by atoms with E-state index in [1.807, 2.05) is 17.7 Å². The zero-order chi connectivity index (χ0) is 12.7. The number of aliphatic carboxylic acids is 1. The molecule has 1 aromatic rings. The standard InChI is InChI=1S/C10H15N3O3S/c1-8(4-13-3-2-11-7-13)12-9(14)5-17-6-10(15)16/h2-3,7-8H,4-6H2,1H3,(H,12,14)(H,15,16). The van der Waals surface area contributed by atoms with E-state index in [4.69, 9.17) is 5.11 Å². The molecule has 0 saturated heterocycles. The Morgan fingerprint density at radius 3 is 2.88 bits per heavy atom. The molecule has 0 bridgehead atoms. The number of rotatable bonds is 7. The lowest BCUT2D eigenvalue weighted by Crippen LogP contribution is -2.36. The number of hydrogen-bond donors (Lipinski definition) is 2. The van der Waals surface area contributed by atoms with E-state index in [-0.39, 0.29) is 23.5 Å². The molecule has 1 amide bonds. The van der Waals surface area contributed by atoms with Gasteiger partial charge in [-0.3, -0.25) is 9.59 Å². The largest absolute Gasteiger partial charge is 0.481 e. The number of nitrogens with one attached hydrogen (secondary N) is 1. The molecule has 1 atom stereocenters. The van der Waals surface area contributed by atoms with Gasteiger partial charge in [-0.2, -0.15) is 0 Å². The minimum Gasteiger partial charge on any atom is -0.481 e. The van der Waals surface area contributed by atoms with Gasteiger partial charge in [-0.05, 0) is 6.92 Å². The van der Waals surface area contributed by atoms with Gasteiger partial charge in [0.05, 0.1) is 17.8 Å². The summed E-state index contributed by atoms with van der Waals surface area (Å²) < 4.78 is 1.87. The molecule has 1 unspecified atom stereocenters. The van der Waals surface area contributed by atoms with Crippen LogP contribution in [-0.2, 0) is 16.1 Å². The first-order chi connectivity index (χ1) is 8.08. The number of amides is 1. The predicted octanol–water partition coefficient (Wildman–Crippen LogP) is 0.206. The first-order valence-corrected chi connectivity index (χ1v) is 6.28. The Bertz CT molecular complexity index is 367. The summed E-state index contributed by atoms with van der Waals surface area (Å²) >= 11 is 1.09. The highest BCUT2D eigenvalue weighted by Gasteiger charge is 2.08. The van der Waals surface area contributed by atoms with Gasteiger partial charge in [0.1, 0.15) is 0 Å². The van der Waals surface area contributed by atoms with Crippen LogP contribution in [-0.4, -0.2) is 44.1 Å². The minimum absolute atomic E-state index is 0.0119. The third kappa shape index (κ3) is 5.96. The summed E-state index contributed by atoms with van der Waals surface area (Å²) in [6, 6.07) is -0.0119. The van der Waals surface area contributed by atoms with E-state index in [2.05, 4.69) is 10.3 Å². The highest BCUT2D eigenvalue weighted by molar-refractivity contribution is 8.00. The summed E-state index contributed by atoms with van der Waals surface area (Å²) in [6.45, 7) is 2.54. The molecular formula is C10H15N3O3S. The van der Waals surface area contributed by atoms with E-state index >= 15 is 0 Å². The van der Waals surface area contributed by atoms with Crippen molar-refractivity contribution < 1.29 is 14.7 Å². The maximum Gasteiger partial charge on any atom is 0.313 e. The van der Waals surface area contributed by atoms with Crippen molar-refractivity contribution >= 4 is 23.6 Å². The third-order valence-electron chi connectivity index (χ3n) is 1.91. The molecule has 0 radical (unpaired) electrons. The molecule has 94 valence electrons. The number of aromatic nitrogens is 2. The molecule has 0 spiro atoms. The number of nitrogens with zero attached hydrogens (tertiary/aromatic N) is 2. The van der Waals surface area contributed by atoms with Crippen LogP contribution in [0.15, 0.2) is 18.7 Å². The molecule has 6 nitrogen and oxygen atoms in total. The van der Waals surface area contributed by atoms with Gasteiger partial charge in [-0.15, -0.1) is 11.8 Å². The van der Waals surface area contributed by atoms with Crippen LogP contribution in [0.1, 0.15) is 6.92 Å². The average Bonchev–Trinajstić information content (AvgIpc) is 2.69. The summed E-state index contributed by atoms with van der Waals surface area (Å²) in [7, 11) is 0. The van der Waals surface area contributed by atoms with Gasteiger partial charge in [0.15, 0.2) is 0 Å². The zero-order valence-electron chi connectivity index (χ0n) is 9.50. The molecule has 0 aliphatic rings. The zero-order valence-corrected chi connectivity index (χ0v) is 10.3. The lowest BCUT2D eigenvalue weighted by atomic mass is 10.3. The maximum atomic E-state index is 11.4. The highest BCUT2D eigenvalue weighted by atomic mass is 32.2. The van der Waals surface area contributed by atoms with E-state index in [1.165, 1.54) is 0 Å². The average molecular weight is 257 g/mol. The van der Waals surface area contributed by atoms with Gasteiger partial charge in [0.25, 0.3) is 0 Å². The third-order valence-corrected chi connectivity index (χ3v) is 2.83. The Labute approximate surface area is 103 Å². The highest BCUT2D eigenvalue weighted by Crippen LogP contribution is 1.99. The number of imidazole rings is 1. The Hall–Kier alpha value is -1.50. The van der Waals surface area contributed by atoms with Crippen molar-refractivity contribution in [2.45, 2.75) is 19.5 Å². The minimum atomic E-state index is -0.908. The van der Waals surface area contributed by atoms with E-state index in [0.717, 1.165) is 11.8 Å². The Morgan fingerprint density at radius 2 is 2.29 bits per heavy atom. The Balaban J connectivity index is 2.19. The summed E-state index contributed by atoms with van der Waals surface area (Å²) in [5.41, 5.74) is 0. The monoisotopic (exact) mass is 257 g/mol. The normalized spacial score (nSPS) is 12.1. The number of carbonyl (C=O) groups is 2. The molecule has 1 heterocycles. The number of carbonyl (C=O) groups excluding carboxylic acids is 1. The fourth-order valence-corrected chi connectivity index (χ4v) is 1.85. The van der Waals surface area contributed by atoms with Crippen LogP contribution in [0.2, 0.25) is 0 Å². The summed E-state index contributed by atoms with van der Waals surface area (Å²) in [5.74, 6) is -0.942. The molecule has 0 aliphatic heterocycles. The molecule has 0 saturated carbocycles. The van der Waals surface area contributed by atoms with Gasteiger partial charge in [-0.25, -0.2) is 4.98 Å². The van der Waals surface area contributed by atoms with Crippen LogP contribution in [0.4, 0.5) is 0 Å². The van der Waals surface area contributed by atoms with E-state index in [9.17, 15) is 9.59 Å². The molecule has 0 fully saturated rings. The van der Waals surface area contributed by atoms with Crippen LogP contribution < -0.4 is 5.32 Å². The number of carboxylic acids is 1. The molecular weight excluding hydrogens is 242 g/mol. The topological polar surface area (TPSA) is 84.2 Å². The van der Waals surface area contributed by atoms with Gasteiger partial charge in [0.2, 0.25) is 5.91 Å². The second-order valence-corrected chi connectivity index (χ2v) is 4.60. The molecule has 17 heavy (non-hydrogen) atoms. The van der Waals surface area contributed by atoms with Crippen molar-refractivity contribution in [3.05, 3.63) is 18.7 Å². The van der Waals surface area contributed by atoms with Crippen molar-refractivity contribution in [2.75, 3.05) is 11.5 Å². The van der Waals surface area contributed by atoms with E-state index in [1.54, 1.807) is 12.5 Å². The summed E-state index contributed by atoms with van der Waals surface area (Å²) in [4.78, 5) is 25.6. The van der Waals surface area contributed by atoms with Crippen molar-refractivity contribution in [2.24, 2.45) is 0 Å². The number of thioether (sulfide) groups is 1. The quantitative estimate of drug-likeness (QED) is 0.729. The van der Waals surface area contributed by atoms with Crippen molar-refractivity contribution in [3.63, 3.8) is 0 Å². The van der Waals surface area contributed by atoms with Crippen molar-refractivity contribution in [3.8, 4) is 0 Å². The number of carboxylic acid groups (broad SMARTS) is 1. The van der Waals surface area contributed by atoms with Crippen molar-refractivity contribution in [1.82, 2.24) is 14.9 Å². The SMILES string of the molecule is CC(Cn1ccnc1)NC(=O)CSCC(=O)O. The fourth-order valence-electron chi connectivity index (χ4n) is 1.30. The van der Waals surface area contributed by atoms with Crippen LogP contribution in [0.5, 0.6) is 0 Å². The first-order valence-electron chi connectivity index (χ1n) is 5.12. The lowest BCUT2D eigenvalue weighted by molar-refractivity contribution is -0.133. The molecule has 7 heteroatoms. The summed E-state index contributed by atoms with van der Waals surface area (Å²) in [5, 5.41) is 11.2. The van der Waals surface area contributed by atoms with Gasteiger partial charge < -0.3 is 15.0 Å². The van der Waals surface area contributed by atoms with Gasteiger partial charge in [-0.1, -0.05) is 0 Å². The van der Waals surface area contributed by atoms with Gasteiger partial charge in [0, 0.05) is 25.0 Å². The van der Waals surface area contributed by atoms with Gasteiger partial charge >= 0.3 is 5.97 Å². The van der Waals surface area contributed by atoms with E-state index < -0.39 is 5.97 Å². The second-order valence-electron chi connectivity index (χ2n) is 3.61. The molecule has 2 N–H and O–H groups in total. The summed E-state index contributed by atoms with van der Waals surface area (Å²) in [6.07, 6.45) is 5.18. The Kier molecular flexibility index (Phi) is 5.55. The fraction of sp³-hybridized carbons (Fsp3) is 0.500. The smallest absolute Gasteiger partial charge is 0.313 e. The molecule has 0 aliphatic carbocycles.